The standard InChI is InChI=1S/C12H16N6O2/c1-17-8-11(15-16-17)12(19)14-9-6-13-18(7-9)10-2-4-20-5-3-10/h6-8,10H,2-5H2,1H3,(H,14,19). The first-order valence-corrected chi connectivity index (χ1v) is 6.52. The predicted molar refractivity (Wildman–Crippen MR) is 70.3 cm³/mol. The first-order chi connectivity index (χ1) is 9.72. The fraction of sp³-hybridized carbons (Fsp3) is 0.500. The normalized spacial score (nSPS) is 16.2. The number of aryl methyl sites for hydroxylation is 1. The van der Waals surface area contributed by atoms with Gasteiger partial charge in [-0.3, -0.25) is 14.2 Å². The van der Waals surface area contributed by atoms with Gasteiger partial charge in [0.05, 0.1) is 24.1 Å². The van der Waals surface area contributed by atoms with Gasteiger partial charge in [-0.1, -0.05) is 5.21 Å². The van der Waals surface area contributed by atoms with Crippen LogP contribution in [0, 0.1) is 0 Å². The fourth-order valence-corrected chi connectivity index (χ4v) is 2.20. The molecule has 3 rings (SSSR count). The maximum absolute atomic E-state index is 11.9. The van der Waals surface area contributed by atoms with E-state index in [1.54, 1.807) is 19.4 Å². The number of carbonyl (C=O) groups excluding carboxylic acids is 1. The Hall–Kier alpha value is -2.22. The number of carbonyl (C=O) groups is 1. The molecule has 1 aliphatic heterocycles. The molecule has 1 N–H and O–H groups in total. The first kappa shape index (κ1) is 12.8. The molecule has 3 heterocycles. The third kappa shape index (κ3) is 2.69. The highest BCUT2D eigenvalue weighted by molar-refractivity contribution is 6.02. The van der Waals surface area contributed by atoms with Crippen molar-refractivity contribution in [1.82, 2.24) is 24.8 Å². The van der Waals surface area contributed by atoms with E-state index in [0.717, 1.165) is 26.1 Å². The SMILES string of the molecule is Cn1cc(C(=O)Nc2cnn(C3CCOCC3)c2)nn1. The second kappa shape index (κ2) is 5.41. The molecule has 0 bridgehead atoms. The van der Waals surface area contributed by atoms with E-state index < -0.39 is 0 Å². The summed E-state index contributed by atoms with van der Waals surface area (Å²) in [6.07, 6.45) is 6.94. The average molecular weight is 276 g/mol. The van der Waals surface area contributed by atoms with Gasteiger partial charge in [-0.25, -0.2) is 0 Å². The summed E-state index contributed by atoms with van der Waals surface area (Å²) in [4.78, 5) is 11.9. The third-order valence-corrected chi connectivity index (χ3v) is 3.26. The number of anilines is 1. The topological polar surface area (TPSA) is 86.9 Å². The van der Waals surface area contributed by atoms with Crippen LogP contribution in [0.5, 0.6) is 0 Å². The van der Waals surface area contributed by atoms with Crippen LogP contribution < -0.4 is 5.32 Å². The highest BCUT2D eigenvalue weighted by atomic mass is 16.5. The Labute approximate surface area is 115 Å². The van der Waals surface area contributed by atoms with Crippen LogP contribution in [0.25, 0.3) is 0 Å². The summed E-state index contributed by atoms with van der Waals surface area (Å²) in [6, 6.07) is 0.339. The van der Waals surface area contributed by atoms with Gasteiger partial charge in [0.2, 0.25) is 0 Å². The van der Waals surface area contributed by atoms with E-state index in [2.05, 4.69) is 20.7 Å². The van der Waals surface area contributed by atoms with Crippen LogP contribution in [-0.4, -0.2) is 43.9 Å². The minimum Gasteiger partial charge on any atom is -0.381 e. The molecule has 0 aliphatic carbocycles. The Balaban J connectivity index is 1.66. The highest BCUT2D eigenvalue weighted by Gasteiger charge is 2.17. The summed E-state index contributed by atoms with van der Waals surface area (Å²) in [5, 5.41) is 14.6. The number of aromatic nitrogens is 5. The monoisotopic (exact) mass is 276 g/mol. The summed E-state index contributed by atoms with van der Waals surface area (Å²) in [5.41, 5.74) is 0.943. The zero-order chi connectivity index (χ0) is 13.9. The van der Waals surface area contributed by atoms with Crippen molar-refractivity contribution in [2.24, 2.45) is 7.05 Å². The molecule has 0 radical (unpaired) electrons. The molecule has 0 atom stereocenters. The molecule has 1 saturated heterocycles. The Kier molecular flexibility index (Phi) is 3.46. The minimum atomic E-state index is -0.287. The molecule has 0 saturated carbocycles. The molecule has 2 aromatic heterocycles. The van der Waals surface area contributed by atoms with Crippen molar-refractivity contribution in [3.05, 3.63) is 24.3 Å². The van der Waals surface area contributed by atoms with Crippen molar-refractivity contribution >= 4 is 11.6 Å². The van der Waals surface area contributed by atoms with Crippen molar-refractivity contribution in [2.45, 2.75) is 18.9 Å². The van der Waals surface area contributed by atoms with Crippen molar-refractivity contribution in [2.75, 3.05) is 18.5 Å². The van der Waals surface area contributed by atoms with Crippen LogP contribution >= 0.6 is 0 Å². The lowest BCUT2D eigenvalue weighted by molar-refractivity contribution is 0.0662. The number of hydrogen-bond donors (Lipinski definition) is 1. The molecule has 1 aliphatic rings. The number of nitrogens with zero attached hydrogens (tertiary/aromatic N) is 5. The van der Waals surface area contributed by atoms with Gasteiger partial charge in [-0.15, -0.1) is 5.10 Å². The summed E-state index contributed by atoms with van der Waals surface area (Å²) >= 11 is 0. The van der Waals surface area contributed by atoms with Gasteiger partial charge in [0.1, 0.15) is 0 Å². The lowest BCUT2D eigenvalue weighted by Crippen LogP contribution is -2.19. The zero-order valence-electron chi connectivity index (χ0n) is 11.2. The number of amides is 1. The summed E-state index contributed by atoms with van der Waals surface area (Å²) in [7, 11) is 1.72. The molecule has 1 amide bonds. The average Bonchev–Trinajstić information content (AvgIpc) is 3.09. The van der Waals surface area contributed by atoms with E-state index in [1.807, 2.05) is 10.9 Å². The number of ether oxygens (including phenoxy) is 1. The van der Waals surface area contributed by atoms with E-state index in [4.69, 9.17) is 4.74 Å². The zero-order valence-corrected chi connectivity index (χ0v) is 11.2. The van der Waals surface area contributed by atoms with Gasteiger partial charge in [0.15, 0.2) is 5.69 Å². The molecule has 1 fully saturated rings. The van der Waals surface area contributed by atoms with Gasteiger partial charge in [0, 0.05) is 26.5 Å². The van der Waals surface area contributed by atoms with E-state index in [9.17, 15) is 4.79 Å². The molecule has 0 unspecified atom stereocenters. The molecular weight excluding hydrogens is 260 g/mol. The third-order valence-electron chi connectivity index (χ3n) is 3.26. The van der Waals surface area contributed by atoms with Crippen LogP contribution in [-0.2, 0) is 11.8 Å². The quantitative estimate of drug-likeness (QED) is 0.887. The first-order valence-electron chi connectivity index (χ1n) is 6.52. The van der Waals surface area contributed by atoms with Crippen molar-refractivity contribution in [1.29, 1.82) is 0 Å². The van der Waals surface area contributed by atoms with Crippen molar-refractivity contribution in [3.8, 4) is 0 Å². The number of nitrogens with one attached hydrogen (secondary N) is 1. The van der Waals surface area contributed by atoms with Crippen molar-refractivity contribution < 1.29 is 9.53 Å². The van der Waals surface area contributed by atoms with Gasteiger partial charge in [-0.2, -0.15) is 5.10 Å². The van der Waals surface area contributed by atoms with Crippen LogP contribution in [0.3, 0.4) is 0 Å². The molecule has 0 spiro atoms. The number of hydrogen-bond acceptors (Lipinski definition) is 5. The summed E-state index contributed by atoms with van der Waals surface area (Å²) in [5.74, 6) is -0.287. The van der Waals surface area contributed by atoms with E-state index in [-0.39, 0.29) is 11.6 Å². The van der Waals surface area contributed by atoms with E-state index >= 15 is 0 Å². The highest BCUT2D eigenvalue weighted by Crippen LogP contribution is 2.21. The van der Waals surface area contributed by atoms with Gasteiger partial charge in [0.25, 0.3) is 5.91 Å². The summed E-state index contributed by atoms with van der Waals surface area (Å²) in [6.45, 7) is 1.51. The lowest BCUT2D eigenvalue weighted by atomic mass is 10.1. The Bertz CT molecular complexity index is 599. The van der Waals surface area contributed by atoms with Gasteiger partial charge in [-0.05, 0) is 12.8 Å². The second-order valence-electron chi connectivity index (χ2n) is 4.78. The lowest BCUT2D eigenvalue weighted by Gasteiger charge is -2.22. The summed E-state index contributed by atoms with van der Waals surface area (Å²) < 4.78 is 8.69. The second-order valence-corrected chi connectivity index (χ2v) is 4.78. The largest absolute Gasteiger partial charge is 0.381 e. The smallest absolute Gasteiger partial charge is 0.277 e. The number of rotatable bonds is 3. The van der Waals surface area contributed by atoms with Crippen molar-refractivity contribution in [3.63, 3.8) is 0 Å². The van der Waals surface area contributed by atoms with Gasteiger partial charge >= 0.3 is 0 Å². The van der Waals surface area contributed by atoms with Crippen LogP contribution in [0.15, 0.2) is 18.6 Å². The predicted octanol–water partition coefficient (Wildman–Crippen LogP) is 0.615. The maximum Gasteiger partial charge on any atom is 0.277 e. The molecule has 2 aromatic rings. The van der Waals surface area contributed by atoms with E-state index in [1.165, 1.54) is 4.68 Å². The Morgan fingerprint density at radius 1 is 1.40 bits per heavy atom. The minimum absolute atomic E-state index is 0.284. The molecule has 8 heteroatoms. The molecule has 20 heavy (non-hydrogen) atoms. The van der Waals surface area contributed by atoms with Crippen LogP contribution in [0.4, 0.5) is 5.69 Å². The van der Waals surface area contributed by atoms with Crippen LogP contribution in [0.2, 0.25) is 0 Å². The maximum atomic E-state index is 11.9. The Morgan fingerprint density at radius 3 is 2.90 bits per heavy atom. The molecular formula is C12H16N6O2. The Morgan fingerprint density at radius 2 is 2.20 bits per heavy atom. The van der Waals surface area contributed by atoms with Gasteiger partial charge < -0.3 is 10.1 Å². The molecule has 106 valence electrons. The van der Waals surface area contributed by atoms with E-state index in [0.29, 0.717) is 11.7 Å². The molecule has 0 aromatic carbocycles. The fourth-order valence-electron chi connectivity index (χ4n) is 2.20. The molecule has 8 nitrogen and oxygen atoms in total. The van der Waals surface area contributed by atoms with Crippen LogP contribution in [0.1, 0.15) is 29.4 Å².